The quantitative estimate of drug-likeness (QED) is 0.808. The molecular weight excluding hydrogens is 226 g/mol. The standard InChI is InChI=1S/C14H19N3O/c1-2-7-16(11-3-4-11)14(18)13-8-10(15)9-17(13)12-5-6-12/h2,8-9,11-12H,1,3-7,15H2. The number of carbonyl (C=O) groups excluding carboxylic acids is 1. The van der Waals surface area contributed by atoms with Gasteiger partial charge in [0, 0.05) is 24.8 Å². The van der Waals surface area contributed by atoms with Crippen LogP contribution >= 0.6 is 0 Å². The fraction of sp³-hybridized carbons (Fsp3) is 0.500. The Kier molecular flexibility index (Phi) is 2.65. The van der Waals surface area contributed by atoms with Crippen LogP contribution < -0.4 is 5.73 Å². The van der Waals surface area contributed by atoms with Crippen molar-refractivity contribution in [3.63, 3.8) is 0 Å². The van der Waals surface area contributed by atoms with Crippen LogP contribution in [0.4, 0.5) is 5.69 Å². The second-order valence-electron chi connectivity index (χ2n) is 5.27. The van der Waals surface area contributed by atoms with Crippen LogP contribution in [0.25, 0.3) is 0 Å². The van der Waals surface area contributed by atoms with E-state index in [0.717, 1.165) is 31.4 Å². The molecule has 96 valence electrons. The Bertz CT molecular complexity index is 483. The van der Waals surface area contributed by atoms with Crippen molar-refractivity contribution < 1.29 is 4.79 Å². The lowest BCUT2D eigenvalue weighted by molar-refractivity contribution is 0.0751. The smallest absolute Gasteiger partial charge is 0.271 e. The number of carbonyl (C=O) groups is 1. The van der Waals surface area contributed by atoms with Crippen molar-refractivity contribution in [3.8, 4) is 0 Å². The summed E-state index contributed by atoms with van der Waals surface area (Å²) in [6.07, 6.45) is 8.21. The molecule has 2 N–H and O–H groups in total. The van der Waals surface area contributed by atoms with Gasteiger partial charge in [-0.1, -0.05) is 6.08 Å². The lowest BCUT2D eigenvalue weighted by Crippen LogP contribution is -2.34. The highest BCUT2D eigenvalue weighted by Gasteiger charge is 2.35. The molecule has 18 heavy (non-hydrogen) atoms. The summed E-state index contributed by atoms with van der Waals surface area (Å²) in [7, 11) is 0. The van der Waals surface area contributed by atoms with E-state index in [4.69, 9.17) is 5.73 Å². The van der Waals surface area contributed by atoms with Gasteiger partial charge in [0.1, 0.15) is 5.69 Å². The summed E-state index contributed by atoms with van der Waals surface area (Å²) < 4.78 is 2.05. The molecule has 0 radical (unpaired) electrons. The maximum absolute atomic E-state index is 12.6. The van der Waals surface area contributed by atoms with Crippen molar-refractivity contribution in [2.45, 2.75) is 37.8 Å². The van der Waals surface area contributed by atoms with E-state index in [9.17, 15) is 4.79 Å². The third-order valence-electron chi connectivity index (χ3n) is 3.60. The van der Waals surface area contributed by atoms with E-state index in [1.54, 1.807) is 12.1 Å². The average molecular weight is 245 g/mol. The highest BCUT2D eigenvalue weighted by atomic mass is 16.2. The molecule has 0 aromatic carbocycles. The average Bonchev–Trinajstić information content (AvgIpc) is 3.24. The molecule has 1 heterocycles. The highest BCUT2D eigenvalue weighted by Crippen LogP contribution is 2.38. The third-order valence-corrected chi connectivity index (χ3v) is 3.60. The number of rotatable bonds is 5. The molecular formula is C14H19N3O. The monoisotopic (exact) mass is 245 g/mol. The number of hydrogen-bond acceptors (Lipinski definition) is 2. The molecule has 0 unspecified atom stereocenters. The van der Waals surface area contributed by atoms with Crippen molar-refractivity contribution in [1.29, 1.82) is 0 Å². The van der Waals surface area contributed by atoms with Gasteiger partial charge in [-0.3, -0.25) is 4.79 Å². The number of aromatic nitrogens is 1. The first kappa shape index (κ1) is 11.4. The molecule has 1 aromatic heterocycles. The van der Waals surface area contributed by atoms with E-state index in [2.05, 4.69) is 11.1 Å². The van der Waals surface area contributed by atoms with Crippen molar-refractivity contribution >= 4 is 11.6 Å². The molecule has 0 spiro atoms. The second kappa shape index (κ2) is 4.19. The number of nitrogens with two attached hydrogens (primary N) is 1. The topological polar surface area (TPSA) is 51.3 Å². The van der Waals surface area contributed by atoms with E-state index in [1.165, 1.54) is 0 Å². The number of nitrogens with zero attached hydrogens (tertiary/aromatic N) is 2. The van der Waals surface area contributed by atoms with Gasteiger partial charge in [0.15, 0.2) is 0 Å². The van der Waals surface area contributed by atoms with Crippen molar-refractivity contribution in [2.24, 2.45) is 0 Å². The van der Waals surface area contributed by atoms with Gasteiger partial charge in [0.25, 0.3) is 5.91 Å². The van der Waals surface area contributed by atoms with Gasteiger partial charge in [0.2, 0.25) is 0 Å². The van der Waals surface area contributed by atoms with Gasteiger partial charge in [-0.2, -0.15) is 0 Å². The summed E-state index contributed by atoms with van der Waals surface area (Å²) in [6, 6.07) is 2.68. The zero-order chi connectivity index (χ0) is 12.7. The minimum absolute atomic E-state index is 0.0981. The number of amides is 1. The van der Waals surface area contributed by atoms with Crippen molar-refractivity contribution in [3.05, 3.63) is 30.6 Å². The van der Waals surface area contributed by atoms with Crippen LogP contribution in [0, 0.1) is 0 Å². The molecule has 2 aliphatic rings. The molecule has 1 aromatic rings. The maximum atomic E-state index is 12.6. The second-order valence-corrected chi connectivity index (χ2v) is 5.27. The predicted molar refractivity (Wildman–Crippen MR) is 71.4 cm³/mol. The van der Waals surface area contributed by atoms with E-state index < -0.39 is 0 Å². The fourth-order valence-corrected chi connectivity index (χ4v) is 2.40. The van der Waals surface area contributed by atoms with E-state index in [1.807, 2.05) is 11.1 Å². The van der Waals surface area contributed by atoms with Crippen LogP contribution in [0.15, 0.2) is 24.9 Å². The zero-order valence-corrected chi connectivity index (χ0v) is 10.5. The van der Waals surface area contributed by atoms with Gasteiger partial charge in [-0.15, -0.1) is 6.58 Å². The molecule has 0 bridgehead atoms. The Balaban J connectivity index is 1.87. The summed E-state index contributed by atoms with van der Waals surface area (Å²) in [5.41, 5.74) is 7.26. The van der Waals surface area contributed by atoms with Crippen LogP contribution in [-0.4, -0.2) is 28.0 Å². The Labute approximate surface area is 107 Å². The van der Waals surface area contributed by atoms with Crippen molar-refractivity contribution in [1.82, 2.24) is 9.47 Å². The van der Waals surface area contributed by atoms with Gasteiger partial charge in [-0.25, -0.2) is 0 Å². The van der Waals surface area contributed by atoms with Gasteiger partial charge in [-0.05, 0) is 31.7 Å². The number of anilines is 1. The van der Waals surface area contributed by atoms with Gasteiger partial charge < -0.3 is 15.2 Å². The Morgan fingerprint density at radius 1 is 1.50 bits per heavy atom. The van der Waals surface area contributed by atoms with Gasteiger partial charge in [0.05, 0.1) is 5.69 Å². The Hall–Kier alpha value is -1.71. The first-order chi connectivity index (χ1) is 8.70. The summed E-state index contributed by atoms with van der Waals surface area (Å²) in [6.45, 7) is 4.36. The van der Waals surface area contributed by atoms with Crippen LogP contribution in [0.2, 0.25) is 0 Å². The first-order valence-electron chi connectivity index (χ1n) is 6.60. The van der Waals surface area contributed by atoms with E-state index in [0.29, 0.717) is 24.3 Å². The summed E-state index contributed by atoms with van der Waals surface area (Å²) >= 11 is 0. The molecule has 2 aliphatic carbocycles. The summed E-state index contributed by atoms with van der Waals surface area (Å²) in [5.74, 6) is 0.0981. The molecule has 4 heteroatoms. The van der Waals surface area contributed by atoms with Crippen LogP contribution in [0.3, 0.4) is 0 Å². The number of nitrogen functional groups attached to an aromatic ring is 1. The van der Waals surface area contributed by atoms with Crippen LogP contribution in [-0.2, 0) is 0 Å². The molecule has 0 aliphatic heterocycles. The normalized spacial score (nSPS) is 18.7. The molecule has 2 saturated carbocycles. The molecule has 1 amide bonds. The van der Waals surface area contributed by atoms with Crippen molar-refractivity contribution in [2.75, 3.05) is 12.3 Å². The molecule has 4 nitrogen and oxygen atoms in total. The largest absolute Gasteiger partial charge is 0.397 e. The minimum atomic E-state index is 0.0981. The summed E-state index contributed by atoms with van der Waals surface area (Å²) in [5, 5.41) is 0. The summed E-state index contributed by atoms with van der Waals surface area (Å²) in [4.78, 5) is 14.5. The highest BCUT2D eigenvalue weighted by molar-refractivity contribution is 5.94. The minimum Gasteiger partial charge on any atom is -0.397 e. The molecule has 2 fully saturated rings. The van der Waals surface area contributed by atoms with Crippen LogP contribution in [0.5, 0.6) is 0 Å². The fourth-order valence-electron chi connectivity index (χ4n) is 2.40. The Morgan fingerprint density at radius 3 is 2.78 bits per heavy atom. The van der Waals surface area contributed by atoms with E-state index >= 15 is 0 Å². The van der Waals surface area contributed by atoms with Crippen LogP contribution in [0.1, 0.15) is 42.2 Å². The maximum Gasteiger partial charge on any atom is 0.271 e. The predicted octanol–water partition coefficient (Wildman–Crippen LogP) is 2.20. The third kappa shape index (κ3) is 2.03. The lowest BCUT2D eigenvalue weighted by Gasteiger charge is -2.21. The Morgan fingerprint density at radius 2 is 2.22 bits per heavy atom. The molecule has 0 saturated heterocycles. The zero-order valence-electron chi connectivity index (χ0n) is 10.5. The van der Waals surface area contributed by atoms with Gasteiger partial charge >= 0.3 is 0 Å². The SMILES string of the molecule is C=CCN(C(=O)c1cc(N)cn1C1CC1)C1CC1. The molecule has 0 atom stereocenters. The lowest BCUT2D eigenvalue weighted by atomic mass is 10.3. The molecule has 3 rings (SSSR count). The first-order valence-corrected chi connectivity index (χ1v) is 6.60. The van der Waals surface area contributed by atoms with E-state index in [-0.39, 0.29) is 5.91 Å². The number of hydrogen-bond donors (Lipinski definition) is 1.